The van der Waals surface area contributed by atoms with E-state index in [4.69, 9.17) is 0 Å². The Balaban J connectivity index is 1.28. The third-order valence-electron chi connectivity index (χ3n) is 5.95. The van der Waals surface area contributed by atoms with Gasteiger partial charge in [-0.3, -0.25) is 0 Å². The lowest BCUT2D eigenvalue weighted by Gasteiger charge is -2.34. The van der Waals surface area contributed by atoms with Crippen molar-refractivity contribution in [2.75, 3.05) is 31.1 Å². The van der Waals surface area contributed by atoms with Gasteiger partial charge in [0.05, 0.1) is 10.6 Å². The minimum absolute atomic E-state index is 0.293. The van der Waals surface area contributed by atoms with Crippen LogP contribution in [0.3, 0.4) is 0 Å². The Morgan fingerprint density at radius 3 is 2.00 bits per heavy atom. The minimum atomic E-state index is -3.58. The summed E-state index contributed by atoms with van der Waals surface area (Å²) in [7, 11) is -3.58. The molecule has 8 heteroatoms. The summed E-state index contributed by atoms with van der Waals surface area (Å²) in [5.41, 5.74) is 3.51. The second-order valence-corrected chi connectivity index (χ2v) is 9.99. The maximum atomic E-state index is 13.2. The summed E-state index contributed by atoms with van der Waals surface area (Å²) in [6.45, 7) is 1.75. The molecule has 172 valence electrons. The van der Waals surface area contributed by atoms with Crippen molar-refractivity contribution in [3.8, 4) is 22.4 Å². The van der Waals surface area contributed by atoms with Gasteiger partial charge in [-0.25, -0.2) is 22.8 Å². The molecule has 2 heterocycles. The Bertz CT molecular complexity index is 1370. The number of hydrogen-bond acceptors (Lipinski definition) is 5. The van der Waals surface area contributed by atoms with Crippen molar-refractivity contribution >= 4 is 15.8 Å². The number of aromatic nitrogens is 2. The van der Waals surface area contributed by atoms with Gasteiger partial charge in [0.2, 0.25) is 10.0 Å². The number of hydrogen-bond donors (Lipinski definition) is 0. The summed E-state index contributed by atoms with van der Waals surface area (Å²) in [5.74, 6) is 0.420. The second-order valence-electron chi connectivity index (χ2n) is 8.05. The van der Waals surface area contributed by atoms with E-state index >= 15 is 0 Å². The van der Waals surface area contributed by atoms with Crippen LogP contribution >= 0.6 is 0 Å². The summed E-state index contributed by atoms with van der Waals surface area (Å²) < 4.78 is 41.1. The Labute approximate surface area is 198 Å². The summed E-state index contributed by atoms with van der Waals surface area (Å²) in [5, 5.41) is 0. The zero-order valence-corrected chi connectivity index (χ0v) is 19.2. The Kier molecular flexibility index (Phi) is 6.08. The van der Waals surface area contributed by atoms with Crippen molar-refractivity contribution in [1.82, 2.24) is 14.3 Å². The maximum absolute atomic E-state index is 13.2. The molecule has 0 spiro atoms. The van der Waals surface area contributed by atoms with Gasteiger partial charge in [0.15, 0.2) is 0 Å². The molecule has 4 aromatic rings. The van der Waals surface area contributed by atoms with E-state index in [1.54, 1.807) is 24.3 Å². The van der Waals surface area contributed by atoms with Crippen LogP contribution in [0.25, 0.3) is 22.4 Å². The number of anilines is 1. The molecule has 0 unspecified atom stereocenters. The molecule has 34 heavy (non-hydrogen) atoms. The van der Waals surface area contributed by atoms with Gasteiger partial charge in [0.25, 0.3) is 0 Å². The van der Waals surface area contributed by atoms with Crippen LogP contribution in [0.1, 0.15) is 0 Å². The topological polar surface area (TPSA) is 66.4 Å². The molecular weight excluding hydrogens is 451 g/mol. The fourth-order valence-electron chi connectivity index (χ4n) is 4.06. The van der Waals surface area contributed by atoms with E-state index < -0.39 is 10.0 Å². The van der Waals surface area contributed by atoms with Crippen molar-refractivity contribution in [3.63, 3.8) is 0 Å². The smallest absolute Gasteiger partial charge is 0.243 e. The quantitative estimate of drug-likeness (QED) is 0.427. The van der Waals surface area contributed by atoms with Gasteiger partial charge < -0.3 is 4.90 Å². The number of benzene rings is 3. The molecule has 5 rings (SSSR count). The van der Waals surface area contributed by atoms with Crippen LogP contribution < -0.4 is 4.90 Å². The Morgan fingerprint density at radius 1 is 0.706 bits per heavy atom. The molecule has 1 aliphatic rings. The normalized spacial score (nSPS) is 14.8. The largest absolute Gasteiger partial charge is 0.354 e. The maximum Gasteiger partial charge on any atom is 0.243 e. The molecule has 1 aliphatic heterocycles. The molecule has 0 N–H and O–H groups in total. The van der Waals surface area contributed by atoms with Crippen LogP contribution in [0.15, 0.2) is 96.2 Å². The SMILES string of the molecule is O=S(=O)(c1ccc(-c2ccccc2)cc1)N1CCN(c2cc(-c3ccc(F)cc3)ncn2)CC1. The highest BCUT2D eigenvalue weighted by molar-refractivity contribution is 7.89. The number of nitrogens with zero attached hydrogens (tertiary/aromatic N) is 4. The fraction of sp³-hybridized carbons (Fsp3) is 0.154. The van der Waals surface area contributed by atoms with Crippen LogP contribution in [0.5, 0.6) is 0 Å². The van der Waals surface area contributed by atoms with Crippen molar-refractivity contribution in [3.05, 3.63) is 97.1 Å². The zero-order chi connectivity index (χ0) is 23.5. The molecule has 6 nitrogen and oxygen atoms in total. The molecule has 0 saturated carbocycles. The highest BCUT2D eigenvalue weighted by atomic mass is 32.2. The highest BCUT2D eigenvalue weighted by Crippen LogP contribution is 2.25. The van der Waals surface area contributed by atoms with Gasteiger partial charge in [-0.2, -0.15) is 4.31 Å². The van der Waals surface area contributed by atoms with Gasteiger partial charge in [0, 0.05) is 37.8 Å². The molecule has 1 aromatic heterocycles. The molecule has 0 radical (unpaired) electrons. The minimum Gasteiger partial charge on any atom is -0.354 e. The van der Waals surface area contributed by atoms with Crippen LogP contribution in [0.2, 0.25) is 0 Å². The van der Waals surface area contributed by atoms with E-state index in [9.17, 15) is 12.8 Å². The lowest BCUT2D eigenvalue weighted by atomic mass is 10.1. The first-order valence-corrected chi connectivity index (χ1v) is 12.4. The molecule has 1 saturated heterocycles. The molecule has 0 bridgehead atoms. The molecule has 0 atom stereocenters. The third kappa shape index (κ3) is 4.55. The fourth-order valence-corrected chi connectivity index (χ4v) is 5.48. The molecule has 0 aliphatic carbocycles. The van der Waals surface area contributed by atoms with Crippen LogP contribution in [-0.4, -0.2) is 48.9 Å². The van der Waals surface area contributed by atoms with Gasteiger partial charge in [-0.05, 0) is 47.5 Å². The Morgan fingerprint density at radius 2 is 1.32 bits per heavy atom. The van der Waals surface area contributed by atoms with Crippen molar-refractivity contribution < 1.29 is 12.8 Å². The van der Waals surface area contributed by atoms with E-state index in [2.05, 4.69) is 9.97 Å². The third-order valence-corrected chi connectivity index (χ3v) is 7.87. The van der Waals surface area contributed by atoms with Crippen molar-refractivity contribution in [2.24, 2.45) is 0 Å². The predicted octanol–water partition coefficient (Wildman–Crippen LogP) is 4.46. The molecule has 3 aromatic carbocycles. The number of piperazine rings is 1. The zero-order valence-electron chi connectivity index (χ0n) is 18.4. The van der Waals surface area contributed by atoms with E-state index in [0.717, 1.165) is 22.5 Å². The van der Waals surface area contributed by atoms with E-state index in [-0.39, 0.29) is 5.82 Å². The first-order chi connectivity index (χ1) is 16.5. The number of sulfonamides is 1. The molecular formula is C26H23FN4O2S. The lowest BCUT2D eigenvalue weighted by Crippen LogP contribution is -2.48. The van der Waals surface area contributed by atoms with Gasteiger partial charge in [-0.15, -0.1) is 0 Å². The molecule has 1 fully saturated rings. The summed E-state index contributed by atoms with van der Waals surface area (Å²) in [4.78, 5) is 11.0. The first-order valence-electron chi connectivity index (χ1n) is 11.0. The van der Waals surface area contributed by atoms with Gasteiger partial charge >= 0.3 is 0 Å². The van der Waals surface area contributed by atoms with Crippen molar-refractivity contribution in [1.29, 1.82) is 0 Å². The number of halogens is 1. The summed E-state index contributed by atoms with van der Waals surface area (Å²) in [6.07, 6.45) is 1.48. The number of rotatable bonds is 5. The van der Waals surface area contributed by atoms with Crippen LogP contribution in [0, 0.1) is 5.82 Å². The van der Waals surface area contributed by atoms with E-state index in [1.165, 1.54) is 22.8 Å². The van der Waals surface area contributed by atoms with Crippen LogP contribution in [-0.2, 0) is 10.0 Å². The Hall–Kier alpha value is -3.62. The van der Waals surface area contributed by atoms with Crippen LogP contribution in [0.4, 0.5) is 10.2 Å². The van der Waals surface area contributed by atoms with Gasteiger partial charge in [0.1, 0.15) is 18.0 Å². The van der Waals surface area contributed by atoms with E-state index in [0.29, 0.717) is 36.8 Å². The monoisotopic (exact) mass is 474 g/mol. The van der Waals surface area contributed by atoms with Crippen molar-refractivity contribution in [2.45, 2.75) is 4.90 Å². The summed E-state index contributed by atoms with van der Waals surface area (Å²) in [6, 6.07) is 24.9. The average Bonchev–Trinajstić information content (AvgIpc) is 2.90. The molecule has 0 amide bonds. The van der Waals surface area contributed by atoms with Gasteiger partial charge in [-0.1, -0.05) is 42.5 Å². The average molecular weight is 475 g/mol. The second kappa shape index (κ2) is 9.32. The lowest BCUT2D eigenvalue weighted by molar-refractivity contribution is 0.384. The van der Waals surface area contributed by atoms with E-state index in [1.807, 2.05) is 53.4 Å². The summed E-state index contributed by atoms with van der Waals surface area (Å²) >= 11 is 0. The first kappa shape index (κ1) is 22.2. The predicted molar refractivity (Wildman–Crippen MR) is 130 cm³/mol. The highest BCUT2D eigenvalue weighted by Gasteiger charge is 2.29. The standard InChI is InChI=1S/C26H23FN4O2S/c27-23-10-6-22(7-11-23)25-18-26(29-19-28-25)30-14-16-31(17-15-30)34(32,33)24-12-8-21(9-13-24)20-4-2-1-3-5-20/h1-13,18-19H,14-17H2.